The Bertz CT molecular complexity index is 690. The number of piperidine rings is 2. The molecular formula is C21H31N3O4. The standard InChI is InChI=1S/C21H31N3O4/c1-14-19(15(2)28-22-14)21(26)24-10-5-17(6-11-24)16-3-8-23(9-4-16)20(25)18-7-12-27-13-18/h16-18H,3-13H2,1-2H3. The molecule has 3 saturated heterocycles. The van der Waals surface area contributed by atoms with Crippen LogP contribution in [0.25, 0.3) is 0 Å². The molecule has 4 heterocycles. The van der Waals surface area contributed by atoms with Crippen LogP contribution in [0.2, 0.25) is 0 Å². The molecule has 0 spiro atoms. The zero-order chi connectivity index (χ0) is 19.7. The van der Waals surface area contributed by atoms with E-state index in [1.807, 2.05) is 16.7 Å². The summed E-state index contributed by atoms with van der Waals surface area (Å²) in [6.45, 7) is 8.28. The largest absolute Gasteiger partial charge is 0.381 e. The van der Waals surface area contributed by atoms with Crippen LogP contribution in [0.5, 0.6) is 0 Å². The molecule has 3 aliphatic heterocycles. The molecule has 0 bridgehead atoms. The van der Waals surface area contributed by atoms with Gasteiger partial charge in [-0.05, 0) is 57.8 Å². The number of likely N-dealkylation sites (tertiary alicyclic amines) is 2. The summed E-state index contributed by atoms with van der Waals surface area (Å²) < 4.78 is 10.5. The van der Waals surface area contributed by atoms with Gasteiger partial charge in [-0.3, -0.25) is 9.59 Å². The Labute approximate surface area is 166 Å². The number of aromatic nitrogens is 1. The van der Waals surface area contributed by atoms with E-state index in [2.05, 4.69) is 5.16 Å². The summed E-state index contributed by atoms with van der Waals surface area (Å²) in [5, 5.41) is 3.91. The Morgan fingerprint density at radius 3 is 2.04 bits per heavy atom. The summed E-state index contributed by atoms with van der Waals surface area (Å²) in [4.78, 5) is 29.4. The van der Waals surface area contributed by atoms with Crippen molar-refractivity contribution in [2.75, 3.05) is 39.4 Å². The van der Waals surface area contributed by atoms with Crippen molar-refractivity contribution in [1.82, 2.24) is 15.0 Å². The minimum atomic E-state index is 0.0499. The first-order chi connectivity index (χ1) is 13.5. The van der Waals surface area contributed by atoms with E-state index < -0.39 is 0 Å². The van der Waals surface area contributed by atoms with Crippen molar-refractivity contribution in [1.29, 1.82) is 0 Å². The predicted molar refractivity (Wildman–Crippen MR) is 103 cm³/mol. The van der Waals surface area contributed by atoms with Crippen LogP contribution in [-0.4, -0.2) is 66.2 Å². The highest BCUT2D eigenvalue weighted by Gasteiger charge is 2.35. The van der Waals surface area contributed by atoms with Gasteiger partial charge in [-0.25, -0.2) is 0 Å². The average molecular weight is 389 g/mol. The van der Waals surface area contributed by atoms with Gasteiger partial charge >= 0.3 is 0 Å². The molecule has 0 N–H and O–H groups in total. The molecule has 3 fully saturated rings. The maximum Gasteiger partial charge on any atom is 0.259 e. The highest BCUT2D eigenvalue weighted by molar-refractivity contribution is 5.96. The van der Waals surface area contributed by atoms with Gasteiger partial charge < -0.3 is 19.1 Å². The average Bonchev–Trinajstić information content (AvgIpc) is 3.37. The number of hydrogen-bond acceptors (Lipinski definition) is 5. The summed E-state index contributed by atoms with van der Waals surface area (Å²) >= 11 is 0. The second-order valence-corrected chi connectivity index (χ2v) is 8.55. The van der Waals surface area contributed by atoms with Gasteiger partial charge in [0.15, 0.2) is 0 Å². The summed E-state index contributed by atoms with van der Waals surface area (Å²) in [7, 11) is 0. The molecule has 3 aliphatic rings. The zero-order valence-corrected chi connectivity index (χ0v) is 17.0. The third-order valence-electron chi connectivity index (χ3n) is 6.87. The Balaban J connectivity index is 1.26. The minimum Gasteiger partial charge on any atom is -0.381 e. The van der Waals surface area contributed by atoms with E-state index >= 15 is 0 Å². The van der Waals surface area contributed by atoms with E-state index in [-0.39, 0.29) is 17.7 Å². The third kappa shape index (κ3) is 3.81. The molecule has 1 aromatic heterocycles. The quantitative estimate of drug-likeness (QED) is 0.794. The van der Waals surface area contributed by atoms with E-state index in [0.29, 0.717) is 35.5 Å². The summed E-state index contributed by atoms with van der Waals surface area (Å²) in [6, 6.07) is 0. The molecule has 0 saturated carbocycles. The number of carbonyl (C=O) groups is 2. The molecule has 28 heavy (non-hydrogen) atoms. The van der Waals surface area contributed by atoms with E-state index in [4.69, 9.17) is 9.26 Å². The number of amides is 2. The first-order valence-corrected chi connectivity index (χ1v) is 10.6. The van der Waals surface area contributed by atoms with E-state index in [1.165, 1.54) is 0 Å². The van der Waals surface area contributed by atoms with Crippen molar-refractivity contribution < 1.29 is 18.8 Å². The van der Waals surface area contributed by atoms with E-state index in [9.17, 15) is 9.59 Å². The molecular weight excluding hydrogens is 358 g/mol. The summed E-state index contributed by atoms with van der Waals surface area (Å²) in [5.74, 6) is 2.34. The van der Waals surface area contributed by atoms with Gasteiger partial charge in [0.25, 0.3) is 5.91 Å². The van der Waals surface area contributed by atoms with Crippen LogP contribution in [-0.2, 0) is 9.53 Å². The molecule has 4 rings (SSSR count). The maximum atomic E-state index is 12.8. The second-order valence-electron chi connectivity index (χ2n) is 8.55. The highest BCUT2D eigenvalue weighted by atomic mass is 16.5. The smallest absolute Gasteiger partial charge is 0.259 e. The van der Waals surface area contributed by atoms with Crippen LogP contribution in [0.3, 0.4) is 0 Å². The first-order valence-electron chi connectivity index (χ1n) is 10.6. The molecule has 7 nitrogen and oxygen atoms in total. The van der Waals surface area contributed by atoms with Gasteiger partial charge in [-0.15, -0.1) is 0 Å². The fourth-order valence-electron chi connectivity index (χ4n) is 5.10. The Hall–Kier alpha value is -1.89. The van der Waals surface area contributed by atoms with Crippen LogP contribution in [0, 0.1) is 31.6 Å². The van der Waals surface area contributed by atoms with Crippen LogP contribution in [0.4, 0.5) is 0 Å². The van der Waals surface area contributed by atoms with Crippen molar-refractivity contribution >= 4 is 11.8 Å². The van der Waals surface area contributed by atoms with Crippen molar-refractivity contribution in [2.45, 2.75) is 46.0 Å². The fourth-order valence-corrected chi connectivity index (χ4v) is 5.10. The van der Waals surface area contributed by atoms with Gasteiger partial charge in [0.1, 0.15) is 11.3 Å². The number of hydrogen-bond donors (Lipinski definition) is 0. The van der Waals surface area contributed by atoms with Crippen LogP contribution in [0.1, 0.15) is 53.9 Å². The molecule has 0 radical (unpaired) electrons. The van der Waals surface area contributed by atoms with Gasteiger partial charge in [-0.1, -0.05) is 5.16 Å². The number of rotatable bonds is 3. The predicted octanol–water partition coefficient (Wildman–Crippen LogP) is 2.42. The lowest BCUT2D eigenvalue weighted by molar-refractivity contribution is -0.137. The second kappa shape index (κ2) is 8.23. The summed E-state index contributed by atoms with van der Waals surface area (Å²) in [5.41, 5.74) is 1.30. The maximum absolute atomic E-state index is 12.8. The Morgan fingerprint density at radius 1 is 0.929 bits per heavy atom. The molecule has 0 aliphatic carbocycles. The van der Waals surface area contributed by atoms with Gasteiger partial charge in [0.05, 0.1) is 18.2 Å². The van der Waals surface area contributed by atoms with Gasteiger partial charge in [-0.2, -0.15) is 0 Å². The van der Waals surface area contributed by atoms with Gasteiger partial charge in [0, 0.05) is 32.8 Å². The lowest BCUT2D eigenvalue weighted by Gasteiger charge is -2.40. The normalized spacial score (nSPS) is 24.7. The molecule has 0 aromatic carbocycles. The Morgan fingerprint density at radius 2 is 1.54 bits per heavy atom. The lowest BCUT2D eigenvalue weighted by Crippen LogP contribution is -2.45. The van der Waals surface area contributed by atoms with Gasteiger partial charge in [0.2, 0.25) is 5.91 Å². The number of aryl methyl sites for hydroxylation is 2. The molecule has 1 atom stereocenters. The summed E-state index contributed by atoms with van der Waals surface area (Å²) in [6.07, 6.45) is 5.13. The van der Waals surface area contributed by atoms with Crippen LogP contribution in [0.15, 0.2) is 4.52 Å². The number of carbonyl (C=O) groups excluding carboxylic acids is 2. The van der Waals surface area contributed by atoms with E-state index in [0.717, 1.165) is 64.9 Å². The number of nitrogens with zero attached hydrogens (tertiary/aromatic N) is 3. The molecule has 1 aromatic rings. The van der Waals surface area contributed by atoms with Crippen molar-refractivity contribution in [3.63, 3.8) is 0 Å². The molecule has 154 valence electrons. The third-order valence-corrected chi connectivity index (χ3v) is 6.87. The van der Waals surface area contributed by atoms with Crippen LogP contribution >= 0.6 is 0 Å². The first kappa shape index (κ1) is 19.4. The van der Waals surface area contributed by atoms with Crippen LogP contribution < -0.4 is 0 Å². The molecule has 7 heteroatoms. The molecule has 1 unspecified atom stereocenters. The zero-order valence-electron chi connectivity index (χ0n) is 17.0. The monoisotopic (exact) mass is 389 g/mol. The molecule has 2 amide bonds. The SMILES string of the molecule is Cc1noc(C)c1C(=O)N1CCC(C2CCN(C(=O)C3CCOC3)CC2)CC1. The van der Waals surface area contributed by atoms with Crippen molar-refractivity contribution in [2.24, 2.45) is 17.8 Å². The minimum absolute atomic E-state index is 0.0499. The van der Waals surface area contributed by atoms with Crippen molar-refractivity contribution in [3.8, 4) is 0 Å². The lowest BCUT2D eigenvalue weighted by atomic mass is 9.78. The highest BCUT2D eigenvalue weighted by Crippen LogP contribution is 2.34. The fraction of sp³-hybridized carbons (Fsp3) is 0.762. The number of ether oxygens (including phenoxy) is 1. The van der Waals surface area contributed by atoms with Crippen molar-refractivity contribution in [3.05, 3.63) is 17.0 Å². The topological polar surface area (TPSA) is 75.9 Å². The Kier molecular flexibility index (Phi) is 5.71. The van der Waals surface area contributed by atoms with E-state index in [1.54, 1.807) is 6.92 Å².